The van der Waals surface area contributed by atoms with E-state index in [9.17, 15) is 13.2 Å². The summed E-state index contributed by atoms with van der Waals surface area (Å²) in [6.45, 7) is 3.50. The predicted molar refractivity (Wildman–Crippen MR) is 91.4 cm³/mol. The Kier molecular flexibility index (Phi) is 4.60. The number of benzene rings is 1. The molecule has 3 rings (SSSR count). The number of amides is 1. The molecular weight excluding hydrogens is 328 g/mol. The van der Waals surface area contributed by atoms with Gasteiger partial charge in [-0.15, -0.1) is 0 Å². The van der Waals surface area contributed by atoms with E-state index in [2.05, 4.69) is 15.0 Å². The molecule has 1 fully saturated rings. The lowest BCUT2D eigenvalue weighted by Crippen LogP contribution is -2.46. The maximum absolute atomic E-state index is 12.6. The first-order valence-electron chi connectivity index (χ1n) is 8.07. The van der Waals surface area contributed by atoms with Crippen molar-refractivity contribution >= 4 is 21.8 Å². The average molecular weight is 350 g/mol. The van der Waals surface area contributed by atoms with Crippen LogP contribution in [0.3, 0.4) is 0 Å². The van der Waals surface area contributed by atoms with E-state index >= 15 is 0 Å². The van der Waals surface area contributed by atoms with E-state index in [1.54, 1.807) is 37.1 Å². The zero-order chi connectivity index (χ0) is 17.3. The smallest absolute Gasteiger partial charge is 0.263 e. The summed E-state index contributed by atoms with van der Waals surface area (Å²) in [7, 11) is -1.79. The van der Waals surface area contributed by atoms with Crippen molar-refractivity contribution in [2.45, 2.75) is 36.7 Å². The first-order valence-corrected chi connectivity index (χ1v) is 9.56. The lowest BCUT2D eigenvalue weighted by atomic mass is 10.0. The van der Waals surface area contributed by atoms with Crippen molar-refractivity contribution in [3.8, 4) is 0 Å². The minimum absolute atomic E-state index is 0.0991. The minimum atomic E-state index is -3.58. The van der Waals surface area contributed by atoms with Gasteiger partial charge in [0.05, 0.1) is 4.90 Å². The molecule has 1 aromatic carbocycles. The van der Waals surface area contributed by atoms with Crippen molar-refractivity contribution < 1.29 is 13.2 Å². The summed E-state index contributed by atoms with van der Waals surface area (Å²) in [6.07, 6.45) is 1.84. The summed E-state index contributed by atoms with van der Waals surface area (Å²) in [5.74, 6) is 0.142. The van der Waals surface area contributed by atoms with Crippen molar-refractivity contribution in [3.05, 3.63) is 29.8 Å². The largest absolute Gasteiger partial charge is 0.341 e. The number of hydrogen-bond donors (Lipinski definition) is 2. The third kappa shape index (κ3) is 3.16. The first kappa shape index (κ1) is 16.9. The molecule has 2 heterocycles. The number of carbonyl (C=O) groups excluding carboxylic acids is 1. The molecule has 0 radical (unpaired) electrons. The molecule has 2 N–H and O–H groups in total. The molecule has 8 heteroatoms. The number of carbonyl (C=O) groups is 1. The highest BCUT2D eigenvalue weighted by atomic mass is 32.2. The Balaban J connectivity index is 1.80. The van der Waals surface area contributed by atoms with Gasteiger partial charge in [-0.25, -0.2) is 8.42 Å². The number of piperidine rings is 1. The van der Waals surface area contributed by atoms with Gasteiger partial charge in [0.2, 0.25) is 5.91 Å². The summed E-state index contributed by atoms with van der Waals surface area (Å²) in [5, 5.41) is 3.27. The third-order valence-electron chi connectivity index (χ3n) is 4.55. The van der Waals surface area contributed by atoms with Crippen LogP contribution in [0, 0.1) is 0 Å². The van der Waals surface area contributed by atoms with Crippen molar-refractivity contribution in [2.75, 3.05) is 20.1 Å². The molecule has 2 aliphatic rings. The van der Waals surface area contributed by atoms with Crippen LogP contribution in [0.25, 0.3) is 0 Å². The Morgan fingerprint density at radius 2 is 1.96 bits per heavy atom. The van der Waals surface area contributed by atoms with Crippen LogP contribution < -0.4 is 10.0 Å². The number of hydrogen-bond acceptors (Lipinski definition) is 5. The summed E-state index contributed by atoms with van der Waals surface area (Å²) in [5.41, 5.74) is 0.515. The number of likely N-dealkylation sites (N-methyl/N-ethyl adjacent to an activating group) is 1. The Bertz CT molecular complexity index is 769. The number of rotatable bonds is 3. The Morgan fingerprint density at radius 1 is 1.29 bits per heavy atom. The Hall–Kier alpha value is -1.93. The number of amidine groups is 1. The molecule has 1 saturated heterocycles. The number of fused-ring (bicyclic) bond motifs is 1. The van der Waals surface area contributed by atoms with Gasteiger partial charge in [0.15, 0.2) is 0 Å². The number of sulfonamides is 1. The van der Waals surface area contributed by atoms with Crippen LogP contribution in [0.2, 0.25) is 0 Å². The topological polar surface area (TPSA) is 90.9 Å². The monoisotopic (exact) mass is 350 g/mol. The Morgan fingerprint density at radius 3 is 2.67 bits per heavy atom. The maximum Gasteiger partial charge on any atom is 0.263 e. The van der Waals surface area contributed by atoms with Crippen molar-refractivity contribution in [2.24, 2.45) is 4.99 Å². The number of nitrogens with zero attached hydrogens (tertiary/aromatic N) is 2. The van der Waals surface area contributed by atoms with Gasteiger partial charge in [0.25, 0.3) is 10.0 Å². The zero-order valence-electron chi connectivity index (χ0n) is 13.8. The van der Waals surface area contributed by atoms with Gasteiger partial charge in [-0.3, -0.25) is 14.5 Å². The fraction of sp³-hybridized carbons (Fsp3) is 0.500. The minimum Gasteiger partial charge on any atom is -0.341 e. The van der Waals surface area contributed by atoms with E-state index in [4.69, 9.17) is 0 Å². The van der Waals surface area contributed by atoms with E-state index in [0.717, 1.165) is 25.9 Å². The van der Waals surface area contributed by atoms with Crippen molar-refractivity contribution in [1.29, 1.82) is 0 Å². The Labute approximate surface area is 142 Å². The quantitative estimate of drug-likeness (QED) is 0.822. The molecule has 24 heavy (non-hydrogen) atoms. The highest BCUT2D eigenvalue weighted by Gasteiger charge is 2.32. The zero-order valence-corrected chi connectivity index (χ0v) is 14.6. The normalized spacial score (nSPS) is 22.7. The molecule has 1 aromatic rings. The van der Waals surface area contributed by atoms with E-state index in [0.29, 0.717) is 5.56 Å². The van der Waals surface area contributed by atoms with E-state index in [-0.39, 0.29) is 22.7 Å². The van der Waals surface area contributed by atoms with E-state index < -0.39 is 16.1 Å². The second kappa shape index (κ2) is 6.52. The van der Waals surface area contributed by atoms with E-state index in [1.807, 2.05) is 0 Å². The highest BCUT2D eigenvalue weighted by molar-refractivity contribution is 7.90. The first-order chi connectivity index (χ1) is 11.4. The van der Waals surface area contributed by atoms with Gasteiger partial charge in [-0.1, -0.05) is 12.1 Å². The second-order valence-corrected chi connectivity index (χ2v) is 7.84. The van der Waals surface area contributed by atoms with Gasteiger partial charge in [-0.2, -0.15) is 0 Å². The van der Waals surface area contributed by atoms with Gasteiger partial charge < -0.3 is 10.2 Å². The van der Waals surface area contributed by atoms with Crippen LogP contribution in [0.15, 0.2) is 34.2 Å². The standard InChI is InChI=1S/C16H22N4O3S/c1-11(16(21)20(2)12-7-9-17-10-8-12)18-15-13-5-3-4-6-14(13)24(22,23)19-15/h3-6,11-12,17H,7-10H2,1-2H3,(H,18,19). The molecule has 130 valence electrons. The lowest BCUT2D eigenvalue weighted by Gasteiger charge is -2.32. The van der Waals surface area contributed by atoms with Gasteiger partial charge in [0, 0.05) is 18.7 Å². The van der Waals surface area contributed by atoms with Crippen LogP contribution in [0.5, 0.6) is 0 Å². The van der Waals surface area contributed by atoms with Crippen LogP contribution in [-0.2, 0) is 14.8 Å². The lowest BCUT2D eigenvalue weighted by molar-refractivity contribution is -0.133. The van der Waals surface area contributed by atoms with E-state index in [1.165, 1.54) is 6.07 Å². The summed E-state index contributed by atoms with van der Waals surface area (Å²) >= 11 is 0. The summed E-state index contributed by atoms with van der Waals surface area (Å²) in [4.78, 5) is 18.9. The number of nitrogens with one attached hydrogen (secondary N) is 2. The molecule has 1 unspecified atom stereocenters. The van der Waals surface area contributed by atoms with Gasteiger partial charge in [0.1, 0.15) is 11.9 Å². The molecule has 0 aliphatic carbocycles. The van der Waals surface area contributed by atoms with Crippen LogP contribution >= 0.6 is 0 Å². The molecule has 7 nitrogen and oxygen atoms in total. The van der Waals surface area contributed by atoms with Gasteiger partial charge >= 0.3 is 0 Å². The SMILES string of the molecule is CC(N=C1NS(=O)(=O)c2ccccc21)C(=O)N(C)C1CCNCC1. The molecular formula is C16H22N4O3S. The fourth-order valence-electron chi connectivity index (χ4n) is 3.15. The molecule has 0 saturated carbocycles. The van der Waals surface area contributed by atoms with Crippen molar-refractivity contribution in [1.82, 2.24) is 14.9 Å². The van der Waals surface area contributed by atoms with Crippen LogP contribution in [0.4, 0.5) is 0 Å². The maximum atomic E-state index is 12.6. The average Bonchev–Trinajstić information content (AvgIpc) is 2.85. The van der Waals surface area contributed by atoms with Crippen molar-refractivity contribution in [3.63, 3.8) is 0 Å². The molecule has 0 spiro atoms. The predicted octanol–water partition coefficient (Wildman–Crippen LogP) is 0.324. The van der Waals surface area contributed by atoms with Crippen LogP contribution in [-0.4, -0.2) is 57.3 Å². The van der Waals surface area contributed by atoms with Gasteiger partial charge in [-0.05, 0) is 45.0 Å². The molecule has 2 aliphatic heterocycles. The molecule has 0 bridgehead atoms. The van der Waals surface area contributed by atoms with Crippen LogP contribution in [0.1, 0.15) is 25.3 Å². The highest BCUT2D eigenvalue weighted by Crippen LogP contribution is 2.23. The molecule has 1 atom stereocenters. The number of aliphatic imine (C=N–C) groups is 1. The summed E-state index contributed by atoms with van der Waals surface area (Å²) in [6, 6.07) is 6.21. The summed E-state index contributed by atoms with van der Waals surface area (Å²) < 4.78 is 26.6. The molecule has 1 amide bonds. The third-order valence-corrected chi connectivity index (χ3v) is 5.94. The molecule has 0 aromatic heterocycles. The second-order valence-electron chi connectivity index (χ2n) is 6.19. The fourth-order valence-corrected chi connectivity index (χ4v) is 4.39.